The zero-order valence-corrected chi connectivity index (χ0v) is 6.41. The first kappa shape index (κ1) is 8.04. The molecule has 1 fully saturated rings. The van der Waals surface area contributed by atoms with Gasteiger partial charge in [0, 0.05) is 13.1 Å². The van der Waals surface area contributed by atoms with Crippen LogP contribution in [0.1, 0.15) is 13.3 Å². The summed E-state index contributed by atoms with van der Waals surface area (Å²) in [6.45, 7) is 3.19. The standard InChI is InChI=1S/C7H11NO3/c1-5-2-3-8(4-5)6(9)7(10)11/h5H,2-4H2,1H3,(H,10,11)/t5-/m0/s1. The third-order valence-corrected chi connectivity index (χ3v) is 1.89. The Hall–Kier alpha value is -1.06. The molecule has 1 aliphatic heterocycles. The highest BCUT2D eigenvalue weighted by atomic mass is 16.4. The van der Waals surface area contributed by atoms with Gasteiger partial charge in [-0.15, -0.1) is 0 Å². The van der Waals surface area contributed by atoms with Gasteiger partial charge in [0.25, 0.3) is 0 Å². The number of carboxylic acids is 1. The van der Waals surface area contributed by atoms with E-state index in [9.17, 15) is 9.59 Å². The summed E-state index contributed by atoms with van der Waals surface area (Å²) in [4.78, 5) is 22.4. The molecule has 1 N–H and O–H groups in total. The fraction of sp³-hybridized carbons (Fsp3) is 0.714. The van der Waals surface area contributed by atoms with Gasteiger partial charge in [-0.2, -0.15) is 0 Å². The van der Waals surface area contributed by atoms with Crippen LogP contribution in [0.15, 0.2) is 0 Å². The van der Waals surface area contributed by atoms with Crippen molar-refractivity contribution in [1.29, 1.82) is 0 Å². The predicted molar refractivity (Wildman–Crippen MR) is 38.0 cm³/mol. The number of aliphatic carboxylic acids is 1. The van der Waals surface area contributed by atoms with Crippen LogP contribution < -0.4 is 0 Å². The van der Waals surface area contributed by atoms with Gasteiger partial charge in [0.15, 0.2) is 0 Å². The molecule has 1 rings (SSSR count). The van der Waals surface area contributed by atoms with Gasteiger partial charge in [-0.05, 0) is 12.3 Å². The highest BCUT2D eigenvalue weighted by Crippen LogP contribution is 2.14. The van der Waals surface area contributed by atoms with Gasteiger partial charge in [-0.1, -0.05) is 6.92 Å². The first-order valence-electron chi connectivity index (χ1n) is 3.63. The summed E-state index contributed by atoms with van der Waals surface area (Å²) >= 11 is 0. The molecule has 0 aromatic heterocycles. The molecule has 0 radical (unpaired) electrons. The summed E-state index contributed by atoms with van der Waals surface area (Å²) in [5, 5.41) is 8.34. The van der Waals surface area contributed by atoms with Gasteiger partial charge in [0.1, 0.15) is 0 Å². The number of carbonyl (C=O) groups is 2. The van der Waals surface area contributed by atoms with Crippen LogP contribution in [0.25, 0.3) is 0 Å². The average molecular weight is 157 g/mol. The molecule has 11 heavy (non-hydrogen) atoms. The molecule has 4 heteroatoms. The number of likely N-dealkylation sites (tertiary alicyclic amines) is 1. The van der Waals surface area contributed by atoms with E-state index in [1.54, 1.807) is 0 Å². The number of amides is 1. The molecule has 4 nitrogen and oxygen atoms in total. The van der Waals surface area contributed by atoms with E-state index < -0.39 is 11.9 Å². The molecule has 62 valence electrons. The summed E-state index contributed by atoms with van der Waals surface area (Å²) in [7, 11) is 0. The van der Waals surface area contributed by atoms with Gasteiger partial charge >= 0.3 is 11.9 Å². The van der Waals surface area contributed by atoms with Crippen LogP contribution in [-0.4, -0.2) is 35.0 Å². The summed E-state index contributed by atoms with van der Waals surface area (Å²) < 4.78 is 0. The van der Waals surface area contributed by atoms with Crippen LogP contribution in [0.5, 0.6) is 0 Å². The molecule has 0 aromatic carbocycles. The Morgan fingerprint density at radius 2 is 2.18 bits per heavy atom. The van der Waals surface area contributed by atoms with Crippen LogP contribution in [0.3, 0.4) is 0 Å². The molecule has 0 spiro atoms. The molecule has 0 unspecified atom stereocenters. The van der Waals surface area contributed by atoms with Gasteiger partial charge in [0.05, 0.1) is 0 Å². The van der Waals surface area contributed by atoms with Crippen molar-refractivity contribution in [3.8, 4) is 0 Å². The van der Waals surface area contributed by atoms with Gasteiger partial charge < -0.3 is 10.0 Å². The lowest BCUT2D eigenvalue weighted by Crippen LogP contribution is -2.34. The van der Waals surface area contributed by atoms with Crippen LogP contribution in [0, 0.1) is 5.92 Å². The highest BCUT2D eigenvalue weighted by molar-refractivity contribution is 6.31. The lowest BCUT2D eigenvalue weighted by molar-refractivity contribution is -0.155. The zero-order valence-electron chi connectivity index (χ0n) is 6.41. The SMILES string of the molecule is C[C@H]1CCN(C(=O)C(=O)O)C1. The van der Waals surface area contributed by atoms with Crippen molar-refractivity contribution in [2.24, 2.45) is 5.92 Å². The first-order chi connectivity index (χ1) is 5.11. The third-order valence-electron chi connectivity index (χ3n) is 1.89. The molecular formula is C7H11NO3. The monoisotopic (exact) mass is 157 g/mol. The van der Waals surface area contributed by atoms with Crippen molar-refractivity contribution >= 4 is 11.9 Å². The van der Waals surface area contributed by atoms with Crippen LogP contribution >= 0.6 is 0 Å². The maximum Gasteiger partial charge on any atom is 0.394 e. The average Bonchev–Trinajstić information content (AvgIpc) is 2.34. The first-order valence-corrected chi connectivity index (χ1v) is 3.63. The molecule has 0 bridgehead atoms. The maximum atomic E-state index is 10.8. The van der Waals surface area contributed by atoms with E-state index in [0.717, 1.165) is 6.42 Å². The lowest BCUT2D eigenvalue weighted by atomic mass is 10.2. The minimum Gasteiger partial charge on any atom is -0.474 e. The van der Waals surface area contributed by atoms with Crippen molar-refractivity contribution in [1.82, 2.24) is 4.90 Å². The molecule has 1 amide bonds. The topological polar surface area (TPSA) is 57.6 Å². The van der Waals surface area contributed by atoms with Crippen LogP contribution in [0.2, 0.25) is 0 Å². The predicted octanol–water partition coefficient (Wildman–Crippen LogP) is -0.0606. The van der Waals surface area contributed by atoms with Crippen molar-refractivity contribution in [2.75, 3.05) is 13.1 Å². The number of carbonyl (C=O) groups excluding carboxylic acids is 1. The molecule has 0 saturated carbocycles. The van der Waals surface area contributed by atoms with E-state index in [4.69, 9.17) is 5.11 Å². The Bertz CT molecular complexity index is 190. The quantitative estimate of drug-likeness (QED) is 0.501. The second-order valence-electron chi connectivity index (χ2n) is 2.95. The largest absolute Gasteiger partial charge is 0.474 e. The fourth-order valence-electron chi connectivity index (χ4n) is 1.25. The number of rotatable bonds is 0. The van der Waals surface area contributed by atoms with Crippen molar-refractivity contribution < 1.29 is 14.7 Å². The molecular weight excluding hydrogens is 146 g/mol. The Labute approximate surface area is 64.8 Å². The fourth-order valence-corrected chi connectivity index (χ4v) is 1.25. The zero-order chi connectivity index (χ0) is 8.43. The summed E-state index contributed by atoms with van der Waals surface area (Å²) in [6.07, 6.45) is 0.916. The molecule has 1 saturated heterocycles. The van der Waals surface area contributed by atoms with Gasteiger partial charge in [-0.25, -0.2) is 4.79 Å². The van der Waals surface area contributed by atoms with Crippen molar-refractivity contribution in [2.45, 2.75) is 13.3 Å². The van der Waals surface area contributed by atoms with E-state index in [0.29, 0.717) is 19.0 Å². The van der Waals surface area contributed by atoms with E-state index in [1.807, 2.05) is 6.92 Å². The minimum atomic E-state index is -1.35. The van der Waals surface area contributed by atoms with Gasteiger partial charge in [0.2, 0.25) is 0 Å². The third kappa shape index (κ3) is 1.69. The summed E-state index contributed by atoms with van der Waals surface area (Å²) in [5.41, 5.74) is 0. The number of hydrogen-bond donors (Lipinski definition) is 1. The summed E-state index contributed by atoms with van der Waals surface area (Å²) in [6, 6.07) is 0. The van der Waals surface area contributed by atoms with E-state index in [2.05, 4.69) is 0 Å². The second kappa shape index (κ2) is 2.90. The minimum absolute atomic E-state index is 0.443. The maximum absolute atomic E-state index is 10.8. The highest BCUT2D eigenvalue weighted by Gasteiger charge is 2.27. The normalized spacial score (nSPS) is 23.7. The molecule has 0 aromatic rings. The summed E-state index contributed by atoms with van der Waals surface area (Å²) in [5.74, 6) is -1.67. The number of hydrogen-bond acceptors (Lipinski definition) is 2. The Morgan fingerprint density at radius 1 is 1.55 bits per heavy atom. The van der Waals surface area contributed by atoms with Crippen LogP contribution in [0.4, 0.5) is 0 Å². The molecule has 1 heterocycles. The van der Waals surface area contributed by atoms with E-state index in [1.165, 1.54) is 4.90 Å². The number of carboxylic acid groups (broad SMARTS) is 1. The van der Waals surface area contributed by atoms with Crippen LogP contribution in [-0.2, 0) is 9.59 Å². The molecule has 1 aliphatic rings. The number of nitrogens with zero attached hydrogens (tertiary/aromatic N) is 1. The Kier molecular flexibility index (Phi) is 2.12. The van der Waals surface area contributed by atoms with Crippen molar-refractivity contribution in [3.05, 3.63) is 0 Å². The van der Waals surface area contributed by atoms with Gasteiger partial charge in [-0.3, -0.25) is 4.79 Å². The van der Waals surface area contributed by atoms with Crippen molar-refractivity contribution in [3.63, 3.8) is 0 Å². The molecule has 1 atom stereocenters. The van der Waals surface area contributed by atoms with E-state index >= 15 is 0 Å². The Balaban J connectivity index is 2.50. The lowest BCUT2D eigenvalue weighted by Gasteiger charge is -2.11. The molecule has 0 aliphatic carbocycles. The van der Waals surface area contributed by atoms with E-state index in [-0.39, 0.29) is 0 Å². The second-order valence-corrected chi connectivity index (χ2v) is 2.95. The Morgan fingerprint density at radius 3 is 2.55 bits per heavy atom. The smallest absolute Gasteiger partial charge is 0.394 e.